The Morgan fingerprint density at radius 3 is 3.08 bits per heavy atom. The lowest BCUT2D eigenvalue weighted by Crippen LogP contribution is -2.38. The number of amides is 1. The first-order valence-electron chi connectivity index (χ1n) is 8.73. The van der Waals surface area contributed by atoms with Crippen LogP contribution < -0.4 is 5.32 Å². The van der Waals surface area contributed by atoms with E-state index in [1.54, 1.807) is 37.1 Å². The standard InChI is InChI=1S/C19H21N5O2/c25-19(16-2-1-6-20-10-16)21-7-3-17-12-23(11-15-5-9-26-14-15)13-18-4-8-22-24(17)18/h1-2,4-6,8-10,14,17H,3,7,11-13H2,(H,21,25)/t17-/m1/s1. The summed E-state index contributed by atoms with van der Waals surface area (Å²) in [7, 11) is 0. The highest BCUT2D eigenvalue weighted by molar-refractivity contribution is 5.93. The molecule has 0 bridgehead atoms. The number of nitrogens with one attached hydrogen (secondary N) is 1. The number of rotatable bonds is 6. The molecular weight excluding hydrogens is 330 g/mol. The number of pyridine rings is 1. The largest absolute Gasteiger partial charge is 0.472 e. The van der Waals surface area contributed by atoms with Crippen molar-refractivity contribution < 1.29 is 9.21 Å². The normalized spacial score (nSPS) is 17.0. The number of hydrogen-bond donors (Lipinski definition) is 1. The van der Waals surface area contributed by atoms with Crippen LogP contribution in [0.15, 0.2) is 59.8 Å². The molecule has 0 fully saturated rings. The number of nitrogens with zero attached hydrogens (tertiary/aromatic N) is 4. The van der Waals surface area contributed by atoms with Gasteiger partial charge in [-0.2, -0.15) is 5.10 Å². The Morgan fingerprint density at radius 1 is 1.31 bits per heavy atom. The molecule has 1 N–H and O–H groups in total. The van der Waals surface area contributed by atoms with Crippen molar-refractivity contribution >= 4 is 5.91 Å². The van der Waals surface area contributed by atoms with Crippen molar-refractivity contribution in [3.8, 4) is 0 Å². The van der Waals surface area contributed by atoms with Gasteiger partial charge in [-0.15, -0.1) is 0 Å². The van der Waals surface area contributed by atoms with Gasteiger partial charge in [-0.3, -0.25) is 19.4 Å². The van der Waals surface area contributed by atoms with E-state index in [1.807, 2.05) is 12.3 Å². The van der Waals surface area contributed by atoms with Gasteiger partial charge in [0, 0.05) is 50.3 Å². The van der Waals surface area contributed by atoms with E-state index in [2.05, 4.69) is 31.0 Å². The molecule has 0 saturated heterocycles. The van der Waals surface area contributed by atoms with Crippen molar-refractivity contribution in [3.63, 3.8) is 0 Å². The second kappa shape index (κ2) is 7.53. The Bertz CT molecular complexity index is 844. The molecule has 0 aromatic carbocycles. The van der Waals surface area contributed by atoms with Gasteiger partial charge in [-0.1, -0.05) is 0 Å². The average molecular weight is 351 g/mol. The van der Waals surface area contributed by atoms with Gasteiger partial charge < -0.3 is 9.73 Å². The molecule has 134 valence electrons. The molecule has 26 heavy (non-hydrogen) atoms. The van der Waals surface area contributed by atoms with Gasteiger partial charge >= 0.3 is 0 Å². The van der Waals surface area contributed by atoms with Crippen molar-refractivity contribution in [3.05, 3.63) is 72.2 Å². The second-order valence-corrected chi connectivity index (χ2v) is 6.51. The van der Waals surface area contributed by atoms with Crippen LogP contribution in [0.2, 0.25) is 0 Å². The van der Waals surface area contributed by atoms with Crippen LogP contribution in [0.1, 0.15) is 34.1 Å². The van der Waals surface area contributed by atoms with Crippen molar-refractivity contribution in [2.45, 2.75) is 25.6 Å². The number of aromatic nitrogens is 3. The first-order valence-corrected chi connectivity index (χ1v) is 8.73. The van der Waals surface area contributed by atoms with Gasteiger partial charge in [-0.05, 0) is 30.7 Å². The van der Waals surface area contributed by atoms with Gasteiger partial charge in [0.25, 0.3) is 5.91 Å². The van der Waals surface area contributed by atoms with E-state index < -0.39 is 0 Å². The molecule has 3 aromatic rings. The van der Waals surface area contributed by atoms with Crippen LogP contribution >= 0.6 is 0 Å². The van der Waals surface area contributed by atoms with Crippen LogP contribution in [-0.4, -0.2) is 38.7 Å². The van der Waals surface area contributed by atoms with Crippen LogP contribution in [0.25, 0.3) is 0 Å². The zero-order valence-electron chi connectivity index (χ0n) is 14.4. The van der Waals surface area contributed by atoms with Crippen LogP contribution in [0.3, 0.4) is 0 Å². The molecule has 1 aliphatic rings. The number of furan rings is 1. The first-order chi connectivity index (χ1) is 12.8. The molecule has 4 heterocycles. The van der Waals surface area contributed by atoms with Crippen molar-refractivity contribution in [2.24, 2.45) is 0 Å². The number of hydrogen-bond acceptors (Lipinski definition) is 5. The minimum atomic E-state index is -0.0927. The molecule has 0 unspecified atom stereocenters. The van der Waals surface area contributed by atoms with Gasteiger partial charge in [0.1, 0.15) is 0 Å². The summed E-state index contributed by atoms with van der Waals surface area (Å²) in [6.45, 7) is 3.20. The zero-order chi connectivity index (χ0) is 17.8. The third-order valence-electron chi connectivity index (χ3n) is 4.63. The van der Waals surface area contributed by atoms with Crippen LogP contribution in [0.4, 0.5) is 0 Å². The highest BCUT2D eigenvalue weighted by Crippen LogP contribution is 2.24. The highest BCUT2D eigenvalue weighted by Gasteiger charge is 2.25. The smallest absolute Gasteiger partial charge is 0.252 e. The minimum Gasteiger partial charge on any atom is -0.472 e. The molecule has 1 aliphatic heterocycles. The number of carbonyl (C=O) groups is 1. The Labute approximate surface area is 151 Å². The van der Waals surface area contributed by atoms with Gasteiger partial charge in [-0.25, -0.2) is 0 Å². The lowest BCUT2D eigenvalue weighted by atomic mass is 10.1. The number of fused-ring (bicyclic) bond motifs is 1. The van der Waals surface area contributed by atoms with Gasteiger partial charge in [0.2, 0.25) is 0 Å². The minimum absolute atomic E-state index is 0.0927. The third-order valence-corrected chi connectivity index (χ3v) is 4.63. The topological polar surface area (TPSA) is 76.2 Å². The summed E-state index contributed by atoms with van der Waals surface area (Å²) in [4.78, 5) is 18.5. The molecule has 0 radical (unpaired) electrons. The molecule has 1 atom stereocenters. The first kappa shape index (κ1) is 16.5. The predicted octanol–water partition coefficient (Wildman–Crippen LogP) is 2.25. The fraction of sp³-hybridized carbons (Fsp3) is 0.316. The lowest BCUT2D eigenvalue weighted by molar-refractivity contribution is 0.0946. The maximum atomic E-state index is 12.2. The Morgan fingerprint density at radius 2 is 2.27 bits per heavy atom. The molecule has 0 spiro atoms. The summed E-state index contributed by atoms with van der Waals surface area (Å²) in [6, 6.07) is 7.81. The van der Waals surface area contributed by atoms with E-state index in [0.29, 0.717) is 12.1 Å². The fourth-order valence-electron chi connectivity index (χ4n) is 3.39. The highest BCUT2D eigenvalue weighted by atomic mass is 16.3. The van der Waals surface area contributed by atoms with Crippen LogP contribution in [0.5, 0.6) is 0 Å². The molecule has 3 aromatic heterocycles. The van der Waals surface area contributed by atoms with Crippen molar-refractivity contribution in [1.82, 2.24) is 25.0 Å². The summed E-state index contributed by atoms with van der Waals surface area (Å²) in [5, 5.41) is 7.45. The quantitative estimate of drug-likeness (QED) is 0.737. The maximum absolute atomic E-state index is 12.2. The maximum Gasteiger partial charge on any atom is 0.252 e. The van der Waals surface area contributed by atoms with E-state index in [9.17, 15) is 4.79 Å². The van der Waals surface area contributed by atoms with E-state index >= 15 is 0 Å². The monoisotopic (exact) mass is 351 g/mol. The number of carbonyl (C=O) groups excluding carboxylic acids is 1. The van der Waals surface area contributed by atoms with E-state index in [4.69, 9.17) is 4.42 Å². The summed E-state index contributed by atoms with van der Waals surface area (Å²) in [5.41, 5.74) is 2.95. The Hall–Kier alpha value is -2.93. The molecule has 1 amide bonds. The van der Waals surface area contributed by atoms with Gasteiger partial charge in [0.15, 0.2) is 0 Å². The Balaban J connectivity index is 1.37. The van der Waals surface area contributed by atoms with Crippen LogP contribution in [0, 0.1) is 0 Å². The molecule has 4 rings (SSSR count). The average Bonchev–Trinajstić information content (AvgIpc) is 3.34. The molecule has 0 saturated carbocycles. The van der Waals surface area contributed by atoms with E-state index in [0.717, 1.165) is 26.1 Å². The zero-order valence-corrected chi connectivity index (χ0v) is 14.4. The van der Waals surface area contributed by atoms with Gasteiger partial charge in [0.05, 0.1) is 29.8 Å². The fourth-order valence-corrected chi connectivity index (χ4v) is 3.39. The molecule has 0 aliphatic carbocycles. The summed E-state index contributed by atoms with van der Waals surface area (Å²) < 4.78 is 7.26. The molecule has 7 nitrogen and oxygen atoms in total. The molecular formula is C19H21N5O2. The van der Waals surface area contributed by atoms with E-state index in [1.165, 1.54) is 11.3 Å². The lowest BCUT2D eigenvalue weighted by Gasteiger charge is -2.33. The third kappa shape index (κ3) is 3.67. The summed E-state index contributed by atoms with van der Waals surface area (Å²) in [5.74, 6) is -0.0927. The predicted molar refractivity (Wildman–Crippen MR) is 95.3 cm³/mol. The Kier molecular flexibility index (Phi) is 4.79. The van der Waals surface area contributed by atoms with E-state index in [-0.39, 0.29) is 11.9 Å². The molecule has 7 heteroatoms. The van der Waals surface area contributed by atoms with Crippen molar-refractivity contribution in [2.75, 3.05) is 13.1 Å². The van der Waals surface area contributed by atoms with Crippen molar-refractivity contribution in [1.29, 1.82) is 0 Å². The van der Waals surface area contributed by atoms with Crippen LogP contribution in [-0.2, 0) is 13.1 Å². The second-order valence-electron chi connectivity index (χ2n) is 6.51. The summed E-state index contributed by atoms with van der Waals surface area (Å²) in [6.07, 6.45) is 9.39. The summed E-state index contributed by atoms with van der Waals surface area (Å²) >= 11 is 0. The SMILES string of the molecule is O=C(NCC[C@@H]1CN(Cc2ccoc2)Cc2ccnn21)c1cccnc1.